The summed E-state index contributed by atoms with van der Waals surface area (Å²) < 4.78 is 12.4. The minimum atomic E-state index is -3.50. The standard InChI is InChI=1S/C14H21O4P/c1-3-11-7-5-6-8-12(11)10-19(17,18)13(4-2)9-14(15)16/h5-8,13H,3-4,9-10H2,1-2H3,(H,15,16)(H,17,18). The number of hydrogen-bond acceptors (Lipinski definition) is 2. The van der Waals surface area contributed by atoms with Gasteiger partial charge in [0.15, 0.2) is 0 Å². The van der Waals surface area contributed by atoms with E-state index in [4.69, 9.17) is 5.11 Å². The highest BCUT2D eigenvalue weighted by atomic mass is 31.2. The number of carbonyl (C=O) groups is 1. The van der Waals surface area contributed by atoms with Crippen LogP contribution in [0.1, 0.15) is 37.8 Å². The van der Waals surface area contributed by atoms with Crippen LogP contribution in [0.2, 0.25) is 0 Å². The van der Waals surface area contributed by atoms with Crippen molar-refractivity contribution in [3.8, 4) is 0 Å². The molecule has 0 bridgehead atoms. The maximum atomic E-state index is 12.4. The first kappa shape index (κ1) is 15.9. The highest BCUT2D eigenvalue weighted by Crippen LogP contribution is 2.52. The molecule has 0 aliphatic rings. The summed E-state index contributed by atoms with van der Waals surface area (Å²) in [7, 11) is -3.50. The van der Waals surface area contributed by atoms with Gasteiger partial charge in [0.1, 0.15) is 0 Å². The molecular weight excluding hydrogens is 263 g/mol. The molecule has 0 aromatic heterocycles. The zero-order chi connectivity index (χ0) is 14.5. The summed E-state index contributed by atoms with van der Waals surface area (Å²) in [6.07, 6.45) is 1.00. The lowest BCUT2D eigenvalue weighted by atomic mass is 10.1. The summed E-state index contributed by atoms with van der Waals surface area (Å²) in [5.41, 5.74) is 1.22. The molecule has 1 aromatic carbocycles. The van der Waals surface area contributed by atoms with Crippen LogP contribution in [0.3, 0.4) is 0 Å². The first-order valence-electron chi connectivity index (χ1n) is 6.50. The summed E-state index contributed by atoms with van der Waals surface area (Å²) in [4.78, 5) is 20.9. The fourth-order valence-corrected chi connectivity index (χ4v) is 4.27. The van der Waals surface area contributed by atoms with Gasteiger partial charge in [-0.15, -0.1) is 0 Å². The van der Waals surface area contributed by atoms with Crippen LogP contribution in [0.4, 0.5) is 0 Å². The van der Waals surface area contributed by atoms with Crippen LogP contribution in [0.5, 0.6) is 0 Å². The van der Waals surface area contributed by atoms with Gasteiger partial charge in [-0.1, -0.05) is 38.1 Å². The molecule has 1 rings (SSSR count). The van der Waals surface area contributed by atoms with E-state index in [1.54, 1.807) is 6.92 Å². The Bertz CT molecular complexity index is 484. The molecule has 0 saturated carbocycles. The molecule has 0 fully saturated rings. The van der Waals surface area contributed by atoms with E-state index in [0.29, 0.717) is 6.42 Å². The van der Waals surface area contributed by atoms with Crippen molar-refractivity contribution in [2.45, 2.75) is 44.9 Å². The van der Waals surface area contributed by atoms with Crippen LogP contribution in [-0.4, -0.2) is 21.6 Å². The molecule has 0 heterocycles. The second-order valence-electron chi connectivity index (χ2n) is 4.70. The molecule has 0 spiro atoms. The van der Waals surface area contributed by atoms with Gasteiger partial charge in [0, 0.05) is 5.66 Å². The van der Waals surface area contributed by atoms with Gasteiger partial charge in [0.05, 0.1) is 12.6 Å². The summed E-state index contributed by atoms with van der Waals surface area (Å²) in [5, 5.41) is 8.81. The lowest BCUT2D eigenvalue weighted by molar-refractivity contribution is -0.137. The Balaban J connectivity index is 2.94. The third-order valence-corrected chi connectivity index (χ3v) is 5.83. The number of aliphatic carboxylic acids is 1. The summed E-state index contributed by atoms with van der Waals surface area (Å²) in [5.74, 6) is -1.02. The highest BCUT2D eigenvalue weighted by molar-refractivity contribution is 7.58. The quantitative estimate of drug-likeness (QED) is 0.753. The van der Waals surface area contributed by atoms with Crippen molar-refractivity contribution < 1.29 is 19.4 Å². The molecule has 4 nitrogen and oxygen atoms in total. The Labute approximate surface area is 113 Å². The van der Waals surface area contributed by atoms with E-state index in [9.17, 15) is 14.3 Å². The highest BCUT2D eigenvalue weighted by Gasteiger charge is 2.31. The zero-order valence-corrected chi connectivity index (χ0v) is 12.3. The van der Waals surface area contributed by atoms with E-state index in [-0.39, 0.29) is 12.6 Å². The Morgan fingerprint density at radius 1 is 1.26 bits per heavy atom. The molecule has 0 aliphatic heterocycles. The van der Waals surface area contributed by atoms with Crippen molar-refractivity contribution in [2.75, 3.05) is 0 Å². The third kappa shape index (κ3) is 4.48. The van der Waals surface area contributed by atoms with Crippen LogP contribution < -0.4 is 0 Å². The van der Waals surface area contributed by atoms with Crippen LogP contribution >= 0.6 is 7.37 Å². The number of carboxylic acids is 1. The Morgan fingerprint density at radius 2 is 1.84 bits per heavy atom. The number of benzene rings is 1. The lowest BCUT2D eigenvalue weighted by Crippen LogP contribution is -2.14. The van der Waals surface area contributed by atoms with Crippen molar-refractivity contribution >= 4 is 13.3 Å². The molecule has 2 N–H and O–H groups in total. The molecule has 0 amide bonds. The monoisotopic (exact) mass is 284 g/mol. The van der Waals surface area contributed by atoms with Gasteiger partial charge in [-0.25, -0.2) is 0 Å². The summed E-state index contributed by atoms with van der Waals surface area (Å²) >= 11 is 0. The van der Waals surface area contributed by atoms with Crippen molar-refractivity contribution in [1.82, 2.24) is 0 Å². The molecule has 19 heavy (non-hydrogen) atoms. The van der Waals surface area contributed by atoms with E-state index in [0.717, 1.165) is 17.5 Å². The van der Waals surface area contributed by atoms with Crippen LogP contribution in [0, 0.1) is 0 Å². The number of hydrogen-bond donors (Lipinski definition) is 2. The number of carboxylic acid groups (broad SMARTS) is 1. The normalized spacial score (nSPS) is 15.7. The predicted octanol–water partition coefficient (Wildman–Crippen LogP) is 3.27. The van der Waals surface area contributed by atoms with Gasteiger partial charge in [0.25, 0.3) is 0 Å². The van der Waals surface area contributed by atoms with Gasteiger partial charge in [-0.05, 0) is 24.0 Å². The fourth-order valence-electron chi connectivity index (χ4n) is 2.20. The maximum absolute atomic E-state index is 12.4. The summed E-state index contributed by atoms with van der Waals surface area (Å²) in [6.45, 7) is 3.75. The SMILES string of the molecule is CCc1ccccc1CP(=O)(O)C(CC)CC(=O)O. The topological polar surface area (TPSA) is 74.6 Å². The van der Waals surface area contributed by atoms with Crippen LogP contribution in [0.15, 0.2) is 24.3 Å². The molecule has 1 aromatic rings. The minimum absolute atomic E-state index is 0.0583. The van der Waals surface area contributed by atoms with Gasteiger partial charge < -0.3 is 10.00 Å². The van der Waals surface area contributed by atoms with E-state index < -0.39 is 19.0 Å². The van der Waals surface area contributed by atoms with Gasteiger partial charge in [0.2, 0.25) is 7.37 Å². The molecule has 0 radical (unpaired) electrons. The Kier molecular flexibility index (Phi) is 5.77. The largest absolute Gasteiger partial charge is 0.481 e. The summed E-state index contributed by atoms with van der Waals surface area (Å²) in [6, 6.07) is 7.52. The van der Waals surface area contributed by atoms with E-state index in [1.165, 1.54) is 0 Å². The van der Waals surface area contributed by atoms with Gasteiger partial charge in [-0.2, -0.15) is 0 Å². The maximum Gasteiger partial charge on any atom is 0.304 e. The second-order valence-corrected chi connectivity index (χ2v) is 7.25. The first-order chi connectivity index (χ1) is 8.90. The van der Waals surface area contributed by atoms with E-state index in [1.807, 2.05) is 31.2 Å². The average molecular weight is 284 g/mol. The Morgan fingerprint density at radius 3 is 2.32 bits per heavy atom. The van der Waals surface area contributed by atoms with Gasteiger partial charge >= 0.3 is 5.97 Å². The average Bonchev–Trinajstić information content (AvgIpc) is 2.35. The van der Waals surface area contributed by atoms with Crippen LogP contribution in [-0.2, 0) is 21.9 Å². The molecule has 2 atom stereocenters. The molecule has 2 unspecified atom stereocenters. The smallest absolute Gasteiger partial charge is 0.304 e. The predicted molar refractivity (Wildman–Crippen MR) is 75.7 cm³/mol. The van der Waals surface area contributed by atoms with Crippen LogP contribution in [0.25, 0.3) is 0 Å². The lowest BCUT2D eigenvalue weighted by Gasteiger charge is -2.21. The molecule has 0 saturated heterocycles. The third-order valence-electron chi connectivity index (χ3n) is 3.35. The van der Waals surface area contributed by atoms with Gasteiger partial charge in [-0.3, -0.25) is 9.36 Å². The molecule has 0 aliphatic carbocycles. The number of rotatable bonds is 7. The molecule has 5 heteroatoms. The van der Waals surface area contributed by atoms with Crippen molar-refractivity contribution in [3.63, 3.8) is 0 Å². The molecule has 106 valence electrons. The minimum Gasteiger partial charge on any atom is -0.481 e. The van der Waals surface area contributed by atoms with Crippen molar-refractivity contribution in [1.29, 1.82) is 0 Å². The molecular formula is C14H21O4P. The zero-order valence-electron chi connectivity index (χ0n) is 11.4. The number of aryl methyl sites for hydroxylation is 1. The first-order valence-corrected chi connectivity index (χ1v) is 8.42. The van der Waals surface area contributed by atoms with E-state index >= 15 is 0 Å². The van der Waals surface area contributed by atoms with E-state index in [2.05, 4.69) is 0 Å². The fraction of sp³-hybridized carbons (Fsp3) is 0.500. The van der Waals surface area contributed by atoms with Crippen molar-refractivity contribution in [2.24, 2.45) is 0 Å². The second kappa shape index (κ2) is 6.88. The van der Waals surface area contributed by atoms with Crippen molar-refractivity contribution in [3.05, 3.63) is 35.4 Å². The Hall–Kier alpha value is -1.12.